The van der Waals surface area contributed by atoms with Crippen molar-refractivity contribution in [2.45, 2.75) is 13.5 Å². The zero-order chi connectivity index (χ0) is 13.0. The number of pyridine rings is 2. The lowest BCUT2D eigenvalue weighted by Gasteiger charge is -2.07. The van der Waals surface area contributed by atoms with Crippen LogP contribution in [0.5, 0.6) is 0 Å². The van der Waals surface area contributed by atoms with Crippen LogP contribution >= 0.6 is 0 Å². The van der Waals surface area contributed by atoms with E-state index in [4.69, 9.17) is 0 Å². The number of hydrogen-bond acceptors (Lipinski definition) is 3. The van der Waals surface area contributed by atoms with Gasteiger partial charge in [0.25, 0.3) is 5.91 Å². The van der Waals surface area contributed by atoms with Gasteiger partial charge in [-0.3, -0.25) is 14.6 Å². The topological polar surface area (TPSA) is 74.8 Å². The summed E-state index contributed by atoms with van der Waals surface area (Å²) in [7, 11) is 0. The Hall–Kier alpha value is -2.43. The molecule has 0 unspecified atom stereocenters. The fourth-order valence-corrected chi connectivity index (χ4v) is 1.51. The maximum atomic E-state index is 11.8. The molecule has 0 bridgehead atoms. The summed E-state index contributed by atoms with van der Waals surface area (Å²) in [4.78, 5) is 29.1. The number of H-pyrrole nitrogens is 1. The Morgan fingerprint density at radius 1 is 1.39 bits per heavy atom. The summed E-state index contributed by atoms with van der Waals surface area (Å²) in [5, 5.41) is 2.77. The van der Waals surface area contributed by atoms with Gasteiger partial charge in [-0.2, -0.15) is 0 Å². The highest BCUT2D eigenvalue weighted by Crippen LogP contribution is 2.04. The number of carbonyl (C=O) groups is 1. The summed E-state index contributed by atoms with van der Waals surface area (Å²) in [5.74, 6) is -0.227. The van der Waals surface area contributed by atoms with Crippen LogP contribution in [-0.4, -0.2) is 15.9 Å². The summed E-state index contributed by atoms with van der Waals surface area (Å²) in [6.07, 6.45) is 4.83. The number of nitrogens with zero attached hydrogens (tertiary/aromatic N) is 1. The zero-order valence-corrected chi connectivity index (χ0v) is 9.93. The van der Waals surface area contributed by atoms with Crippen LogP contribution in [0.2, 0.25) is 0 Å². The predicted octanol–water partition coefficient (Wildman–Crippen LogP) is 1.01. The van der Waals surface area contributed by atoms with Crippen molar-refractivity contribution in [2.75, 3.05) is 0 Å². The normalized spacial score (nSPS) is 10.1. The molecule has 1 amide bonds. The van der Waals surface area contributed by atoms with Crippen molar-refractivity contribution >= 4 is 5.91 Å². The minimum Gasteiger partial charge on any atom is -0.348 e. The van der Waals surface area contributed by atoms with Crippen LogP contribution in [0.15, 0.2) is 41.6 Å². The van der Waals surface area contributed by atoms with E-state index in [1.54, 1.807) is 12.4 Å². The molecule has 2 heterocycles. The molecule has 0 aliphatic carbocycles. The van der Waals surface area contributed by atoms with Gasteiger partial charge in [-0.05, 0) is 30.2 Å². The Bertz CT molecular complexity index is 599. The van der Waals surface area contributed by atoms with E-state index in [0.717, 1.165) is 11.1 Å². The Morgan fingerprint density at radius 2 is 2.22 bits per heavy atom. The van der Waals surface area contributed by atoms with Crippen LogP contribution in [0.1, 0.15) is 21.5 Å². The van der Waals surface area contributed by atoms with Crippen LogP contribution in [0, 0.1) is 6.92 Å². The monoisotopic (exact) mass is 243 g/mol. The molecule has 0 aromatic carbocycles. The first-order valence-electron chi connectivity index (χ1n) is 5.53. The van der Waals surface area contributed by atoms with Crippen LogP contribution in [-0.2, 0) is 6.54 Å². The molecule has 5 heteroatoms. The van der Waals surface area contributed by atoms with Crippen LogP contribution < -0.4 is 10.9 Å². The Morgan fingerprint density at radius 3 is 2.89 bits per heavy atom. The number of aromatic nitrogens is 2. The maximum Gasteiger partial charge on any atom is 0.253 e. The Labute approximate surface area is 104 Å². The predicted molar refractivity (Wildman–Crippen MR) is 67.2 cm³/mol. The summed E-state index contributed by atoms with van der Waals surface area (Å²) < 4.78 is 0. The van der Waals surface area contributed by atoms with E-state index in [0.29, 0.717) is 12.1 Å². The quantitative estimate of drug-likeness (QED) is 0.844. The Kier molecular flexibility index (Phi) is 3.52. The van der Waals surface area contributed by atoms with Crippen LogP contribution in [0.3, 0.4) is 0 Å². The largest absolute Gasteiger partial charge is 0.348 e. The molecule has 0 saturated heterocycles. The number of carbonyl (C=O) groups excluding carboxylic acids is 1. The van der Waals surface area contributed by atoms with Gasteiger partial charge in [-0.25, -0.2) is 0 Å². The molecule has 2 N–H and O–H groups in total. The summed E-state index contributed by atoms with van der Waals surface area (Å²) >= 11 is 0. The number of rotatable bonds is 3. The van der Waals surface area contributed by atoms with Crippen LogP contribution in [0.25, 0.3) is 0 Å². The van der Waals surface area contributed by atoms with Gasteiger partial charge in [-0.1, -0.05) is 0 Å². The number of hydrogen-bond donors (Lipinski definition) is 2. The van der Waals surface area contributed by atoms with Crippen molar-refractivity contribution in [1.29, 1.82) is 0 Å². The van der Waals surface area contributed by atoms with Crippen molar-refractivity contribution in [3.63, 3.8) is 0 Å². The molecule has 18 heavy (non-hydrogen) atoms. The van der Waals surface area contributed by atoms with Gasteiger partial charge in [-0.15, -0.1) is 0 Å². The standard InChI is InChI=1S/C13H13N3O2/c1-9-4-5-14-6-11(9)8-16-13(18)10-2-3-12(17)15-7-10/h2-7H,8H2,1H3,(H,15,17)(H,16,18). The lowest BCUT2D eigenvalue weighted by molar-refractivity contribution is 0.0950. The van der Waals surface area contributed by atoms with E-state index in [1.807, 2.05) is 13.0 Å². The number of aromatic amines is 1. The van der Waals surface area contributed by atoms with E-state index < -0.39 is 0 Å². The Balaban J connectivity index is 2.03. The third-order valence-electron chi connectivity index (χ3n) is 2.63. The van der Waals surface area contributed by atoms with Gasteiger partial charge in [0.05, 0.1) is 5.56 Å². The average Bonchev–Trinajstić information content (AvgIpc) is 2.38. The zero-order valence-electron chi connectivity index (χ0n) is 9.93. The van der Waals surface area contributed by atoms with Gasteiger partial charge in [0.2, 0.25) is 5.56 Å². The molecule has 0 aliphatic rings. The number of aryl methyl sites for hydroxylation is 1. The van der Waals surface area contributed by atoms with Gasteiger partial charge in [0, 0.05) is 31.2 Å². The van der Waals surface area contributed by atoms with Crippen molar-refractivity contribution in [1.82, 2.24) is 15.3 Å². The molecule has 0 saturated carbocycles. The summed E-state index contributed by atoms with van der Waals surface area (Å²) in [5.41, 5.74) is 2.24. The highest BCUT2D eigenvalue weighted by molar-refractivity contribution is 5.93. The third-order valence-corrected chi connectivity index (χ3v) is 2.63. The van der Waals surface area contributed by atoms with Crippen molar-refractivity contribution in [3.05, 3.63) is 63.8 Å². The molecule has 92 valence electrons. The second kappa shape index (κ2) is 5.27. The van der Waals surface area contributed by atoms with Crippen LogP contribution in [0.4, 0.5) is 0 Å². The molecule has 0 spiro atoms. The van der Waals surface area contributed by atoms with Gasteiger partial charge >= 0.3 is 0 Å². The van der Waals surface area contributed by atoms with E-state index in [-0.39, 0.29) is 11.5 Å². The molecule has 0 aliphatic heterocycles. The van der Waals surface area contributed by atoms with Gasteiger partial charge < -0.3 is 10.3 Å². The number of amides is 1. The number of nitrogens with one attached hydrogen (secondary N) is 2. The second-order valence-electron chi connectivity index (χ2n) is 3.93. The van der Waals surface area contributed by atoms with Crippen molar-refractivity contribution in [3.8, 4) is 0 Å². The van der Waals surface area contributed by atoms with E-state index in [1.165, 1.54) is 18.3 Å². The third kappa shape index (κ3) is 2.82. The molecule has 5 nitrogen and oxygen atoms in total. The lowest BCUT2D eigenvalue weighted by atomic mass is 10.1. The first-order chi connectivity index (χ1) is 8.66. The minimum absolute atomic E-state index is 0.227. The molecule has 2 aromatic rings. The molecular formula is C13H13N3O2. The molecule has 0 atom stereocenters. The molecule has 0 radical (unpaired) electrons. The van der Waals surface area contributed by atoms with Gasteiger partial charge in [0.15, 0.2) is 0 Å². The molecule has 0 fully saturated rings. The molecular weight excluding hydrogens is 230 g/mol. The fraction of sp³-hybridized carbons (Fsp3) is 0.154. The van der Waals surface area contributed by atoms with E-state index in [2.05, 4.69) is 15.3 Å². The summed E-state index contributed by atoms with van der Waals surface area (Å²) in [6.45, 7) is 2.38. The van der Waals surface area contributed by atoms with Crippen molar-refractivity contribution in [2.24, 2.45) is 0 Å². The SMILES string of the molecule is Cc1ccncc1CNC(=O)c1ccc(=O)[nH]c1. The van der Waals surface area contributed by atoms with Crippen molar-refractivity contribution < 1.29 is 4.79 Å². The first-order valence-corrected chi connectivity index (χ1v) is 5.53. The smallest absolute Gasteiger partial charge is 0.253 e. The van der Waals surface area contributed by atoms with E-state index in [9.17, 15) is 9.59 Å². The minimum atomic E-state index is -0.227. The lowest BCUT2D eigenvalue weighted by Crippen LogP contribution is -2.24. The first kappa shape index (κ1) is 12.0. The van der Waals surface area contributed by atoms with E-state index >= 15 is 0 Å². The van der Waals surface area contributed by atoms with Gasteiger partial charge in [0.1, 0.15) is 0 Å². The summed E-state index contributed by atoms with van der Waals surface area (Å²) in [6, 6.07) is 4.70. The highest BCUT2D eigenvalue weighted by Gasteiger charge is 2.05. The molecule has 2 aromatic heterocycles. The maximum absolute atomic E-state index is 11.8. The second-order valence-corrected chi connectivity index (χ2v) is 3.93. The molecule has 2 rings (SSSR count). The fourth-order valence-electron chi connectivity index (χ4n) is 1.51. The average molecular weight is 243 g/mol. The highest BCUT2D eigenvalue weighted by atomic mass is 16.1.